The van der Waals surface area contributed by atoms with Gasteiger partial charge in [-0.25, -0.2) is 0 Å². The van der Waals surface area contributed by atoms with Crippen molar-refractivity contribution in [2.24, 2.45) is 0 Å². The molecule has 0 saturated carbocycles. The van der Waals surface area contributed by atoms with Crippen LogP contribution in [-0.2, 0) is 11.2 Å². The lowest BCUT2D eigenvalue weighted by molar-refractivity contribution is -0.115. The molecular weight excluding hydrogens is 374 g/mol. The van der Waals surface area contributed by atoms with Gasteiger partial charge in [-0.2, -0.15) is 0 Å². The van der Waals surface area contributed by atoms with E-state index in [0.717, 1.165) is 28.1 Å². The summed E-state index contributed by atoms with van der Waals surface area (Å²) in [6.45, 7) is 5.77. The summed E-state index contributed by atoms with van der Waals surface area (Å²) in [5, 5.41) is 11.1. The second-order valence-electron chi connectivity index (χ2n) is 6.50. The lowest BCUT2D eigenvalue weighted by atomic mass is 10.1. The Bertz CT molecular complexity index is 934. The molecule has 28 heavy (non-hydrogen) atoms. The highest BCUT2D eigenvalue weighted by Gasteiger charge is 2.19. The van der Waals surface area contributed by atoms with Crippen LogP contribution in [-0.4, -0.2) is 28.5 Å². The Morgan fingerprint density at radius 1 is 1.14 bits per heavy atom. The number of anilines is 1. The number of aromatic nitrogens is 2. The van der Waals surface area contributed by atoms with E-state index in [2.05, 4.69) is 15.5 Å². The molecule has 1 heterocycles. The Balaban J connectivity index is 1.59. The molecule has 0 fully saturated rings. The topological polar surface area (TPSA) is 77.2 Å². The first-order valence-corrected chi connectivity index (χ1v) is 9.83. The van der Waals surface area contributed by atoms with Crippen LogP contribution in [0.15, 0.2) is 52.1 Å². The van der Waals surface area contributed by atoms with Crippen molar-refractivity contribution in [2.45, 2.75) is 37.7 Å². The standard InChI is InChI=1S/C21H23N3O3S/c1-13-6-5-7-14(2)19(13)22-20(25)15(3)28-21-24-23-18(27-21)12-16-8-10-17(26-4)11-9-16/h5-11,15H,12H2,1-4H3,(H,22,25)/t15-/m1/s1. The van der Waals surface area contributed by atoms with Gasteiger partial charge in [-0.15, -0.1) is 10.2 Å². The number of para-hydroxylation sites is 1. The van der Waals surface area contributed by atoms with E-state index in [1.165, 1.54) is 11.8 Å². The molecule has 1 atom stereocenters. The zero-order valence-corrected chi connectivity index (χ0v) is 17.2. The number of ether oxygens (including phenoxy) is 1. The smallest absolute Gasteiger partial charge is 0.277 e. The second-order valence-corrected chi connectivity index (χ2v) is 7.79. The lowest BCUT2D eigenvalue weighted by Gasteiger charge is -2.14. The van der Waals surface area contributed by atoms with Crippen LogP contribution in [0, 0.1) is 13.8 Å². The van der Waals surface area contributed by atoms with Gasteiger partial charge < -0.3 is 14.5 Å². The van der Waals surface area contributed by atoms with Gasteiger partial charge >= 0.3 is 0 Å². The van der Waals surface area contributed by atoms with Gasteiger partial charge in [0.05, 0.1) is 18.8 Å². The number of benzene rings is 2. The number of carbonyl (C=O) groups is 1. The van der Waals surface area contributed by atoms with Gasteiger partial charge in [0.2, 0.25) is 11.8 Å². The van der Waals surface area contributed by atoms with E-state index < -0.39 is 0 Å². The average Bonchev–Trinajstić information content (AvgIpc) is 3.12. The van der Waals surface area contributed by atoms with Gasteiger partial charge in [0.15, 0.2) is 0 Å². The molecular formula is C21H23N3O3S. The molecule has 0 radical (unpaired) electrons. The second kappa shape index (κ2) is 8.93. The number of carbonyl (C=O) groups excluding carboxylic acids is 1. The minimum Gasteiger partial charge on any atom is -0.497 e. The number of hydrogen-bond acceptors (Lipinski definition) is 6. The van der Waals surface area contributed by atoms with Crippen LogP contribution in [0.1, 0.15) is 29.5 Å². The summed E-state index contributed by atoms with van der Waals surface area (Å²) in [7, 11) is 1.63. The van der Waals surface area contributed by atoms with Gasteiger partial charge in [-0.3, -0.25) is 4.79 Å². The van der Waals surface area contributed by atoms with E-state index in [4.69, 9.17) is 9.15 Å². The fourth-order valence-corrected chi connectivity index (χ4v) is 3.42. The van der Waals surface area contributed by atoms with Gasteiger partial charge in [-0.1, -0.05) is 42.1 Å². The monoisotopic (exact) mass is 397 g/mol. The number of nitrogens with one attached hydrogen (secondary N) is 1. The van der Waals surface area contributed by atoms with Crippen molar-refractivity contribution in [1.29, 1.82) is 0 Å². The summed E-state index contributed by atoms with van der Waals surface area (Å²) in [6, 6.07) is 13.6. The summed E-state index contributed by atoms with van der Waals surface area (Å²) < 4.78 is 10.8. The number of methoxy groups -OCH3 is 1. The molecule has 1 N–H and O–H groups in total. The number of thioether (sulfide) groups is 1. The fraction of sp³-hybridized carbons (Fsp3) is 0.286. The normalized spacial score (nSPS) is 11.9. The Kier molecular flexibility index (Phi) is 6.36. The van der Waals surface area contributed by atoms with Crippen LogP contribution in [0.3, 0.4) is 0 Å². The van der Waals surface area contributed by atoms with Gasteiger partial charge in [0, 0.05) is 5.69 Å². The predicted octanol–water partition coefficient (Wildman–Crippen LogP) is 4.41. The van der Waals surface area contributed by atoms with Crippen LogP contribution >= 0.6 is 11.8 Å². The van der Waals surface area contributed by atoms with Crippen molar-refractivity contribution in [3.05, 3.63) is 65.0 Å². The van der Waals surface area contributed by atoms with Crippen molar-refractivity contribution in [1.82, 2.24) is 10.2 Å². The molecule has 2 aromatic carbocycles. The highest BCUT2D eigenvalue weighted by atomic mass is 32.2. The third-order valence-corrected chi connectivity index (χ3v) is 5.27. The molecule has 7 heteroatoms. The summed E-state index contributed by atoms with van der Waals surface area (Å²) in [5.74, 6) is 1.21. The predicted molar refractivity (Wildman–Crippen MR) is 110 cm³/mol. The first kappa shape index (κ1) is 19.9. The Labute approximate surface area is 168 Å². The highest BCUT2D eigenvalue weighted by Crippen LogP contribution is 2.26. The maximum atomic E-state index is 12.5. The molecule has 0 unspecified atom stereocenters. The van der Waals surface area contributed by atoms with E-state index in [1.54, 1.807) is 7.11 Å². The zero-order valence-electron chi connectivity index (χ0n) is 16.4. The minimum atomic E-state index is -0.367. The minimum absolute atomic E-state index is 0.0997. The molecule has 6 nitrogen and oxygen atoms in total. The molecule has 0 aliphatic carbocycles. The van der Waals surface area contributed by atoms with Gasteiger partial charge in [0.1, 0.15) is 5.75 Å². The molecule has 1 amide bonds. The van der Waals surface area contributed by atoms with E-state index >= 15 is 0 Å². The summed E-state index contributed by atoms with van der Waals surface area (Å²) in [5.41, 5.74) is 3.96. The third kappa shape index (κ3) is 4.92. The van der Waals surface area contributed by atoms with E-state index in [9.17, 15) is 4.79 Å². The molecule has 3 aromatic rings. The number of nitrogens with zero attached hydrogens (tertiary/aromatic N) is 2. The number of amides is 1. The third-order valence-electron chi connectivity index (χ3n) is 4.34. The van der Waals surface area contributed by atoms with E-state index in [-0.39, 0.29) is 11.2 Å². The number of hydrogen-bond donors (Lipinski definition) is 1. The maximum absolute atomic E-state index is 12.5. The molecule has 0 aliphatic rings. The van der Waals surface area contributed by atoms with Crippen molar-refractivity contribution >= 4 is 23.4 Å². The van der Waals surface area contributed by atoms with Crippen molar-refractivity contribution in [3.63, 3.8) is 0 Å². The number of rotatable bonds is 7. The summed E-state index contributed by atoms with van der Waals surface area (Å²) in [4.78, 5) is 12.5. The Hall–Kier alpha value is -2.80. The lowest BCUT2D eigenvalue weighted by Crippen LogP contribution is -2.23. The van der Waals surface area contributed by atoms with Crippen molar-refractivity contribution in [3.8, 4) is 5.75 Å². The molecule has 0 aliphatic heterocycles. The van der Waals surface area contributed by atoms with Crippen LogP contribution in [0.2, 0.25) is 0 Å². The van der Waals surface area contributed by atoms with Gasteiger partial charge in [0.25, 0.3) is 5.22 Å². The molecule has 0 bridgehead atoms. The van der Waals surface area contributed by atoms with Crippen molar-refractivity contribution in [2.75, 3.05) is 12.4 Å². The molecule has 0 saturated heterocycles. The van der Waals surface area contributed by atoms with Crippen LogP contribution in [0.4, 0.5) is 5.69 Å². The molecule has 0 spiro atoms. The van der Waals surface area contributed by atoms with Crippen LogP contribution in [0.25, 0.3) is 0 Å². The molecule has 146 valence electrons. The maximum Gasteiger partial charge on any atom is 0.277 e. The average molecular weight is 398 g/mol. The number of aryl methyl sites for hydroxylation is 2. The quantitative estimate of drug-likeness (QED) is 0.595. The summed E-state index contributed by atoms with van der Waals surface area (Å²) in [6.07, 6.45) is 0.528. The first-order valence-electron chi connectivity index (χ1n) is 8.95. The Morgan fingerprint density at radius 3 is 2.46 bits per heavy atom. The Morgan fingerprint density at radius 2 is 1.82 bits per heavy atom. The first-order chi connectivity index (χ1) is 13.5. The fourth-order valence-electron chi connectivity index (χ4n) is 2.72. The van der Waals surface area contributed by atoms with Gasteiger partial charge in [-0.05, 0) is 49.6 Å². The molecule has 1 aromatic heterocycles. The molecule has 3 rings (SSSR count). The zero-order chi connectivity index (χ0) is 20.1. The van der Waals surface area contributed by atoms with E-state index in [1.807, 2.05) is 63.2 Å². The largest absolute Gasteiger partial charge is 0.497 e. The van der Waals surface area contributed by atoms with Crippen LogP contribution < -0.4 is 10.1 Å². The van der Waals surface area contributed by atoms with E-state index in [0.29, 0.717) is 17.5 Å². The summed E-state index contributed by atoms with van der Waals surface area (Å²) >= 11 is 1.25. The SMILES string of the molecule is COc1ccc(Cc2nnc(S[C@H](C)C(=O)Nc3c(C)cccc3C)o2)cc1. The highest BCUT2D eigenvalue weighted by molar-refractivity contribution is 8.00. The van der Waals surface area contributed by atoms with Crippen molar-refractivity contribution < 1.29 is 13.9 Å². The van der Waals surface area contributed by atoms with Crippen LogP contribution in [0.5, 0.6) is 5.75 Å².